The van der Waals surface area contributed by atoms with E-state index in [4.69, 9.17) is 0 Å². The lowest BCUT2D eigenvalue weighted by Crippen LogP contribution is -2.41. The predicted molar refractivity (Wildman–Crippen MR) is 98.1 cm³/mol. The monoisotopic (exact) mass is 384 g/mol. The van der Waals surface area contributed by atoms with Gasteiger partial charge in [-0.15, -0.1) is 0 Å². The molecular weight excluding hydrogens is 368 g/mol. The molecule has 1 amide bonds. The lowest BCUT2D eigenvalue weighted by molar-refractivity contribution is -0.132. The molecule has 0 radical (unpaired) electrons. The van der Waals surface area contributed by atoms with Crippen LogP contribution in [0.25, 0.3) is 10.9 Å². The first-order valence-corrected chi connectivity index (χ1v) is 8.77. The van der Waals surface area contributed by atoms with Crippen molar-refractivity contribution in [2.45, 2.75) is 18.9 Å². The van der Waals surface area contributed by atoms with Crippen LogP contribution < -0.4 is 4.90 Å². The third kappa shape index (κ3) is 1.98. The number of halogens is 1. The molecule has 0 saturated heterocycles. The van der Waals surface area contributed by atoms with Gasteiger partial charge in [-0.3, -0.25) is 4.79 Å². The number of H-pyrrole nitrogens is 1. The molecule has 4 nitrogen and oxygen atoms in total. The molecule has 0 unspecified atom stereocenters. The van der Waals surface area contributed by atoms with Crippen molar-refractivity contribution in [1.29, 1.82) is 0 Å². The van der Waals surface area contributed by atoms with Crippen molar-refractivity contribution < 1.29 is 9.90 Å². The number of hydrogen-bond donors (Lipinski definition) is 2. The summed E-state index contributed by atoms with van der Waals surface area (Å²) in [6.45, 7) is 2.60. The molecular formula is C19H17BrN2O2. The predicted octanol–water partition coefficient (Wildman–Crippen LogP) is 3.92. The van der Waals surface area contributed by atoms with Gasteiger partial charge in [-0.2, -0.15) is 0 Å². The van der Waals surface area contributed by atoms with E-state index >= 15 is 0 Å². The fraction of sp³-hybridized carbons (Fsp3) is 0.211. The molecule has 2 heterocycles. The molecule has 5 heteroatoms. The molecule has 0 aliphatic carbocycles. The van der Waals surface area contributed by atoms with Crippen LogP contribution in [0, 0.1) is 0 Å². The van der Waals surface area contributed by atoms with E-state index < -0.39 is 5.60 Å². The van der Waals surface area contributed by atoms with Crippen LogP contribution in [0.4, 0.5) is 5.69 Å². The molecule has 2 aromatic carbocycles. The summed E-state index contributed by atoms with van der Waals surface area (Å²) in [5.41, 5.74) is 1.23. The van der Waals surface area contributed by atoms with Gasteiger partial charge in [0.15, 0.2) is 5.60 Å². The van der Waals surface area contributed by atoms with Crippen LogP contribution in [0.5, 0.6) is 0 Å². The molecule has 1 atom stereocenters. The SMILES string of the molecule is CCCN1C(=O)[C@](O)(c2c[nH]c3ccccc23)c2cc(Br)ccc21. The molecule has 0 bridgehead atoms. The highest BCUT2D eigenvalue weighted by molar-refractivity contribution is 9.10. The second kappa shape index (κ2) is 5.46. The van der Waals surface area contributed by atoms with Crippen LogP contribution in [-0.2, 0) is 10.4 Å². The van der Waals surface area contributed by atoms with Crippen molar-refractivity contribution in [3.05, 3.63) is 64.3 Å². The number of para-hydroxylation sites is 1. The van der Waals surface area contributed by atoms with Crippen LogP contribution in [0.3, 0.4) is 0 Å². The number of aromatic nitrogens is 1. The zero-order valence-corrected chi connectivity index (χ0v) is 14.8. The second-order valence-electron chi connectivity index (χ2n) is 6.08. The number of amides is 1. The van der Waals surface area contributed by atoms with Crippen LogP contribution in [0.2, 0.25) is 0 Å². The molecule has 2 N–H and O–H groups in total. The molecule has 1 aliphatic rings. The zero-order chi connectivity index (χ0) is 16.9. The molecule has 1 aliphatic heterocycles. The summed E-state index contributed by atoms with van der Waals surface area (Å²) in [7, 11) is 0. The van der Waals surface area contributed by atoms with E-state index in [1.807, 2.05) is 49.4 Å². The minimum Gasteiger partial charge on any atom is -0.372 e. The van der Waals surface area contributed by atoms with E-state index in [-0.39, 0.29) is 5.91 Å². The molecule has 1 aromatic heterocycles. The van der Waals surface area contributed by atoms with Gasteiger partial charge in [0.1, 0.15) is 0 Å². The number of anilines is 1. The summed E-state index contributed by atoms with van der Waals surface area (Å²) in [6, 6.07) is 13.3. The number of benzene rings is 2. The maximum atomic E-state index is 13.2. The quantitative estimate of drug-likeness (QED) is 0.718. The van der Waals surface area contributed by atoms with Gasteiger partial charge in [-0.25, -0.2) is 0 Å². The van der Waals surface area contributed by atoms with Gasteiger partial charge in [-0.05, 0) is 30.7 Å². The van der Waals surface area contributed by atoms with E-state index in [0.29, 0.717) is 17.7 Å². The standard InChI is InChI=1S/C19H17BrN2O2/c1-2-9-22-17-8-7-12(20)10-14(17)19(24,18(22)23)15-11-21-16-6-4-3-5-13(15)16/h3-8,10-11,21,24H,2,9H2,1H3/t19-/m1/s1. The Morgan fingerprint density at radius 2 is 2.00 bits per heavy atom. The number of aliphatic hydroxyl groups is 1. The van der Waals surface area contributed by atoms with Gasteiger partial charge in [0, 0.05) is 39.2 Å². The highest BCUT2D eigenvalue weighted by Crippen LogP contribution is 2.47. The summed E-state index contributed by atoms with van der Waals surface area (Å²) < 4.78 is 0.839. The largest absolute Gasteiger partial charge is 0.372 e. The third-order valence-corrected chi connectivity index (χ3v) is 5.11. The first kappa shape index (κ1) is 15.4. The number of carbonyl (C=O) groups is 1. The van der Waals surface area contributed by atoms with Crippen LogP contribution in [0.15, 0.2) is 53.1 Å². The fourth-order valence-electron chi connectivity index (χ4n) is 3.53. The number of nitrogens with one attached hydrogen (secondary N) is 1. The number of aromatic amines is 1. The van der Waals surface area contributed by atoms with Gasteiger partial charge in [0.05, 0.1) is 5.69 Å². The summed E-state index contributed by atoms with van der Waals surface area (Å²) >= 11 is 3.46. The number of nitrogens with zero attached hydrogens (tertiary/aromatic N) is 1. The highest BCUT2D eigenvalue weighted by atomic mass is 79.9. The van der Waals surface area contributed by atoms with Crippen molar-refractivity contribution >= 4 is 38.4 Å². The topological polar surface area (TPSA) is 56.3 Å². The number of rotatable bonds is 3. The molecule has 4 rings (SSSR count). The normalized spacial score (nSPS) is 20.0. The average Bonchev–Trinajstić information content (AvgIpc) is 3.10. The number of carbonyl (C=O) groups excluding carboxylic acids is 1. The second-order valence-corrected chi connectivity index (χ2v) is 6.99. The van der Waals surface area contributed by atoms with Crippen LogP contribution >= 0.6 is 15.9 Å². The van der Waals surface area contributed by atoms with Gasteiger partial charge in [0.25, 0.3) is 5.91 Å². The molecule has 122 valence electrons. The van der Waals surface area contributed by atoms with E-state index in [9.17, 15) is 9.90 Å². The van der Waals surface area contributed by atoms with Crippen LogP contribution in [-0.4, -0.2) is 22.5 Å². The Morgan fingerprint density at radius 1 is 1.21 bits per heavy atom. The van der Waals surface area contributed by atoms with E-state index in [0.717, 1.165) is 27.5 Å². The average molecular weight is 385 g/mol. The molecule has 0 spiro atoms. The molecule has 24 heavy (non-hydrogen) atoms. The van der Waals surface area contributed by atoms with E-state index in [2.05, 4.69) is 20.9 Å². The molecule has 3 aromatic rings. The maximum Gasteiger partial charge on any atom is 0.268 e. The van der Waals surface area contributed by atoms with Crippen molar-refractivity contribution in [1.82, 2.24) is 4.98 Å². The Hall–Kier alpha value is -2.11. The summed E-state index contributed by atoms with van der Waals surface area (Å²) in [5.74, 6) is -0.290. The first-order valence-electron chi connectivity index (χ1n) is 7.98. The summed E-state index contributed by atoms with van der Waals surface area (Å²) in [5, 5.41) is 12.4. The minimum atomic E-state index is -1.67. The maximum absolute atomic E-state index is 13.2. The Kier molecular flexibility index (Phi) is 3.51. The number of fused-ring (bicyclic) bond motifs is 2. The number of hydrogen-bond acceptors (Lipinski definition) is 2. The van der Waals surface area contributed by atoms with E-state index in [1.165, 1.54) is 0 Å². The van der Waals surface area contributed by atoms with Crippen molar-refractivity contribution in [3.8, 4) is 0 Å². The fourth-order valence-corrected chi connectivity index (χ4v) is 3.89. The third-order valence-electron chi connectivity index (χ3n) is 4.62. The van der Waals surface area contributed by atoms with E-state index in [1.54, 1.807) is 11.1 Å². The first-order chi connectivity index (χ1) is 11.6. The lowest BCUT2D eigenvalue weighted by atomic mass is 9.87. The Labute approximate surface area is 148 Å². The molecule has 0 saturated carbocycles. The van der Waals surface area contributed by atoms with Gasteiger partial charge in [-0.1, -0.05) is 41.1 Å². The van der Waals surface area contributed by atoms with Gasteiger partial charge >= 0.3 is 0 Å². The van der Waals surface area contributed by atoms with Gasteiger partial charge in [0.2, 0.25) is 0 Å². The Morgan fingerprint density at radius 3 is 2.79 bits per heavy atom. The Bertz CT molecular complexity index is 949. The smallest absolute Gasteiger partial charge is 0.268 e. The summed E-state index contributed by atoms with van der Waals surface area (Å²) in [4.78, 5) is 18.0. The minimum absolute atomic E-state index is 0.290. The van der Waals surface area contributed by atoms with Crippen molar-refractivity contribution in [2.75, 3.05) is 11.4 Å². The van der Waals surface area contributed by atoms with Crippen LogP contribution in [0.1, 0.15) is 24.5 Å². The Balaban J connectivity index is 2.00. The van der Waals surface area contributed by atoms with Crippen molar-refractivity contribution in [2.24, 2.45) is 0 Å². The van der Waals surface area contributed by atoms with Crippen molar-refractivity contribution in [3.63, 3.8) is 0 Å². The lowest BCUT2D eigenvalue weighted by Gasteiger charge is -2.23. The zero-order valence-electron chi connectivity index (χ0n) is 13.2. The van der Waals surface area contributed by atoms with Gasteiger partial charge < -0.3 is 15.0 Å². The highest BCUT2D eigenvalue weighted by Gasteiger charge is 2.51. The summed E-state index contributed by atoms with van der Waals surface area (Å²) in [6.07, 6.45) is 2.56. The molecule has 0 fully saturated rings.